The van der Waals surface area contributed by atoms with Crippen molar-refractivity contribution >= 4 is 18.3 Å². The zero-order chi connectivity index (χ0) is 22.1. The van der Waals surface area contributed by atoms with Crippen LogP contribution in [0.15, 0.2) is 24.3 Å². The van der Waals surface area contributed by atoms with Crippen LogP contribution in [0.5, 0.6) is 5.75 Å². The molecule has 1 N–H and O–H groups in total. The van der Waals surface area contributed by atoms with Gasteiger partial charge in [-0.05, 0) is 64.5 Å². The predicted octanol–water partition coefficient (Wildman–Crippen LogP) is 3.69. The number of ether oxygens (including phenoxy) is 3. The maximum absolute atomic E-state index is 12.3. The predicted molar refractivity (Wildman–Crippen MR) is 118 cm³/mol. The fourth-order valence-electron chi connectivity index (χ4n) is 2.88. The van der Waals surface area contributed by atoms with Crippen molar-refractivity contribution in [1.82, 2.24) is 4.72 Å². The van der Waals surface area contributed by atoms with E-state index in [1.165, 1.54) is 7.11 Å². The van der Waals surface area contributed by atoms with Crippen LogP contribution in [0.2, 0.25) is 19.6 Å². The van der Waals surface area contributed by atoms with E-state index in [1.807, 2.05) is 45.0 Å². The van der Waals surface area contributed by atoms with Gasteiger partial charge in [0.2, 0.25) is 10.0 Å². The van der Waals surface area contributed by atoms with E-state index in [-0.39, 0.29) is 18.6 Å². The quantitative estimate of drug-likeness (QED) is 0.266. The number of benzene rings is 1. The molecule has 168 valence electrons. The summed E-state index contributed by atoms with van der Waals surface area (Å²) in [6.07, 6.45) is 0.404. The lowest BCUT2D eigenvalue weighted by molar-refractivity contribution is -0.0298. The highest BCUT2D eigenvalue weighted by Crippen LogP contribution is 2.23. The van der Waals surface area contributed by atoms with E-state index >= 15 is 0 Å². The van der Waals surface area contributed by atoms with Crippen molar-refractivity contribution in [2.45, 2.75) is 58.5 Å². The smallest absolute Gasteiger partial charge is 0.212 e. The first-order valence-corrected chi connectivity index (χ1v) is 14.9. The fourth-order valence-corrected chi connectivity index (χ4v) is 5.89. The van der Waals surface area contributed by atoms with Crippen molar-refractivity contribution in [3.8, 4) is 5.75 Å². The van der Waals surface area contributed by atoms with Crippen molar-refractivity contribution in [1.29, 1.82) is 0 Å². The number of hydrogen-bond acceptors (Lipinski definition) is 6. The molecule has 7 nitrogen and oxygen atoms in total. The molecular formula is C20H37NO6SSi. The normalized spacial score (nSPS) is 14.0. The average Bonchev–Trinajstić information content (AvgIpc) is 2.58. The van der Waals surface area contributed by atoms with Gasteiger partial charge in [0.1, 0.15) is 19.1 Å². The van der Waals surface area contributed by atoms with E-state index in [9.17, 15) is 8.42 Å². The zero-order valence-corrected chi connectivity index (χ0v) is 20.6. The molecule has 29 heavy (non-hydrogen) atoms. The van der Waals surface area contributed by atoms with Gasteiger partial charge in [0.05, 0.1) is 18.0 Å². The molecule has 0 fully saturated rings. The summed E-state index contributed by atoms with van der Waals surface area (Å²) >= 11 is 0. The molecule has 0 bridgehead atoms. The largest absolute Gasteiger partial charge is 0.491 e. The van der Waals surface area contributed by atoms with Crippen molar-refractivity contribution in [2.24, 2.45) is 0 Å². The Morgan fingerprint density at radius 1 is 1.21 bits per heavy atom. The van der Waals surface area contributed by atoms with Gasteiger partial charge in [0.25, 0.3) is 0 Å². The van der Waals surface area contributed by atoms with Crippen LogP contribution in [0, 0.1) is 0 Å². The summed E-state index contributed by atoms with van der Waals surface area (Å²) in [6.45, 7) is 13.2. The molecule has 0 aliphatic heterocycles. The summed E-state index contributed by atoms with van der Waals surface area (Å²) < 4.78 is 49.2. The first-order chi connectivity index (χ1) is 13.3. The minimum absolute atomic E-state index is 0.000530. The van der Waals surface area contributed by atoms with Crippen LogP contribution in [-0.2, 0) is 23.9 Å². The SMILES string of the molecule is COCOCCCS(=O)(=O)N[C@H](C)c1cccc(OCC(C)(C)O[Si](C)(C)C)c1. The number of methoxy groups -OCH3 is 1. The molecule has 9 heteroatoms. The highest BCUT2D eigenvalue weighted by Gasteiger charge is 2.28. The summed E-state index contributed by atoms with van der Waals surface area (Å²) in [5, 5.41) is 0. The molecule has 1 rings (SSSR count). The lowest BCUT2D eigenvalue weighted by Crippen LogP contribution is -2.42. The first kappa shape index (κ1) is 26.1. The number of sulfonamides is 1. The van der Waals surface area contributed by atoms with E-state index in [0.717, 1.165) is 5.56 Å². The molecule has 0 aliphatic carbocycles. The fraction of sp³-hybridized carbons (Fsp3) is 0.700. The van der Waals surface area contributed by atoms with Crippen LogP contribution >= 0.6 is 0 Å². The Balaban J connectivity index is 2.62. The van der Waals surface area contributed by atoms with Crippen molar-refractivity contribution in [3.05, 3.63) is 29.8 Å². The van der Waals surface area contributed by atoms with Crippen LogP contribution in [0.4, 0.5) is 0 Å². The second-order valence-corrected chi connectivity index (χ2v) is 15.0. The summed E-state index contributed by atoms with van der Waals surface area (Å²) in [5.41, 5.74) is 0.448. The molecule has 0 aliphatic rings. The molecule has 1 aromatic rings. The van der Waals surface area contributed by atoms with Crippen LogP contribution in [0.3, 0.4) is 0 Å². The molecule has 0 saturated carbocycles. The third-order valence-electron chi connectivity index (χ3n) is 3.79. The molecule has 0 heterocycles. The van der Waals surface area contributed by atoms with Gasteiger partial charge in [-0.25, -0.2) is 13.1 Å². The van der Waals surface area contributed by atoms with Crippen LogP contribution in [0.1, 0.15) is 38.8 Å². The Morgan fingerprint density at radius 3 is 2.52 bits per heavy atom. The monoisotopic (exact) mass is 447 g/mol. The molecule has 0 unspecified atom stereocenters. The Kier molecular flexibility index (Phi) is 10.3. The highest BCUT2D eigenvalue weighted by atomic mass is 32.2. The Bertz CT molecular complexity index is 718. The Hall–Kier alpha value is -0.973. The third-order valence-corrected chi connectivity index (χ3v) is 6.49. The second kappa shape index (κ2) is 11.4. The maximum Gasteiger partial charge on any atom is 0.212 e. The molecule has 0 amide bonds. The van der Waals surface area contributed by atoms with Gasteiger partial charge in [-0.1, -0.05) is 12.1 Å². The van der Waals surface area contributed by atoms with Gasteiger partial charge in [-0.2, -0.15) is 0 Å². The summed E-state index contributed by atoms with van der Waals surface area (Å²) in [4.78, 5) is 0. The molecular weight excluding hydrogens is 410 g/mol. The van der Waals surface area contributed by atoms with Gasteiger partial charge in [-0.3, -0.25) is 0 Å². The van der Waals surface area contributed by atoms with Gasteiger partial charge >= 0.3 is 0 Å². The number of nitrogens with one attached hydrogen (secondary N) is 1. The van der Waals surface area contributed by atoms with Gasteiger partial charge in [0.15, 0.2) is 8.32 Å². The first-order valence-electron chi connectivity index (χ1n) is 9.83. The molecule has 0 radical (unpaired) electrons. The summed E-state index contributed by atoms with van der Waals surface area (Å²) in [6, 6.07) is 7.10. The minimum atomic E-state index is -3.41. The topological polar surface area (TPSA) is 83.1 Å². The number of rotatable bonds is 14. The minimum Gasteiger partial charge on any atom is -0.491 e. The van der Waals surface area contributed by atoms with Crippen molar-refractivity contribution in [3.63, 3.8) is 0 Å². The van der Waals surface area contributed by atoms with Crippen LogP contribution in [0.25, 0.3) is 0 Å². The molecule has 0 saturated heterocycles. The van der Waals surface area contributed by atoms with E-state index < -0.39 is 23.9 Å². The standard InChI is InChI=1S/C20H37NO6SSi/c1-17(21-28(22,23)13-9-12-25-16-24-4)18-10-8-11-19(14-18)26-15-20(2,3)27-29(5,6)7/h8,10-11,14,17,21H,9,12-13,15-16H2,1-7H3/t17-/m1/s1. The van der Waals surface area contributed by atoms with Gasteiger partial charge in [-0.15, -0.1) is 0 Å². The van der Waals surface area contributed by atoms with E-state index in [1.54, 1.807) is 0 Å². The van der Waals surface area contributed by atoms with E-state index in [2.05, 4.69) is 24.4 Å². The maximum atomic E-state index is 12.3. The van der Waals surface area contributed by atoms with E-state index in [0.29, 0.717) is 25.4 Å². The third kappa shape index (κ3) is 11.7. The van der Waals surface area contributed by atoms with Crippen molar-refractivity contribution in [2.75, 3.05) is 32.9 Å². The second-order valence-electron chi connectivity index (χ2n) is 8.66. The van der Waals surface area contributed by atoms with Crippen molar-refractivity contribution < 1.29 is 27.1 Å². The van der Waals surface area contributed by atoms with Gasteiger partial charge < -0.3 is 18.6 Å². The van der Waals surface area contributed by atoms with E-state index in [4.69, 9.17) is 18.6 Å². The molecule has 0 aromatic heterocycles. The molecule has 1 aromatic carbocycles. The highest BCUT2D eigenvalue weighted by molar-refractivity contribution is 7.89. The lowest BCUT2D eigenvalue weighted by Gasteiger charge is -2.32. The molecule has 0 spiro atoms. The summed E-state index contributed by atoms with van der Waals surface area (Å²) in [7, 11) is -3.56. The Labute approximate surface area is 177 Å². The lowest BCUT2D eigenvalue weighted by atomic mass is 10.1. The Morgan fingerprint density at radius 2 is 1.90 bits per heavy atom. The summed E-state index contributed by atoms with van der Waals surface area (Å²) in [5.74, 6) is 0.688. The number of hydrogen-bond donors (Lipinski definition) is 1. The van der Waals surface area contributed by atoms with Crippen LogP contribution < -0.4 is 9.46 Å². The van der Waals surface area contributed by atoms with Crippen LogP contribution in [-0.4, -0.2) is 55.2 Å². The molecule has 1 atom stereocenters. The average molecular weight is 448 g/mol. The van der Waals surface area contributed by atoms with Gasteiger partial charge in [0, 0.05) is 13.2 Å². The zero-order valence-electron chi connectivity index (χ0n) is 18.8.